The summed E-state index contributed by atoms with van der Waals surface area (Å²) < 4.78 is 23.0. The maximum Gasteiger partial charge on any atom is 0.326 e. The Kier molecular flexibility index (Phi) is 5.13. The normalized spacial score (nSPS) is 25.8. The van der Waals surface area contributed by atoms with Crippen LogP contribution in [0.2, 0.25) is 0 Å². The lowest BCUT2D eigenvalue weighted by molar-refractivity contribution is -0.142. The number of carbonyl (C=O) groups is 2. The molecule has 1 saturated heterocycles. The first kappa shape index (κ1) is 17.9. The Morgan fingerprint density at radius 2 is 2.00 bits per heavy atom. The van der Waals surface area contributed by atoms with Gasteiger partial charge in [-0.25, -0.2) is 13.2 Å². The number of rotatable bonds is 5. The molecule has 1 aromatic carbocycles. The first-order chi connectivity index (χ1) is 11.9. The standard InChI is InChI=1S/C18H23NO5S/c20-17(14-8-9-25(23,24)11-14)19-16(18(21)22)10-13-6-3-5-12-4-1-2-7-15(12)13/h1-2,4,7,13-14,16H,3,5-6,8-11H2,(H,19,20)(H,21,22). The van der Waals surface area contributed by atoms with E-state index >= 15 is 0 Å². The second kappa shape index (κ2) is 7.15. The van der Waals surface area contributed by atoms with Gasteiger partial charge in [0.05, 0.1) is 17.4 Å². The maximum absolute atomic E-state index is 12.3. The molecule has 1 amide bonds. The maximum atomic E-state index is 12.3. The molecule has 1 heterocycles. The van der Waals surface area contributed by atoms with Crippen LogP contribution in [0, 0.1) is 5.92 Å². The summed E-state index contributed by atoms with van der Waals surface area (Å²) in [5, 5.41) is 12.1. The zero-order valence-corrected chi connectivity index (χ0v) is 14.8. The third-order valence-corrected chi connectivity index (χ3v) is 7.00. The van der Waals surface area contributed by atoms with Crippen LogP contribution in [-0.2, 0) is 25.8 Å². The molecule has 1 aliphatic heterocycles. The molecule has 6 nitrogen and oxygen atoms in total. The van der Waals surface area contributed by atoms with Gasteiger partial charge in [-0.15, -0.1) is 0 Å². The number of aryl methyl sites for hydroxylation is 1. The molecule has 2 aliphatic rings. The average Bonchev–Trinajstić information content (AvgIpc) is 2.94. The summed E-state index contributed by atoms with van der Waals surface area (Å²) >= 11 is 0. The number of sulfone groups is 1. The largest absolute Gasteiger partial charge is 0.480 e. The predicted molar refractivity (Wildman–Crippen MR) is 93.1 cm³/mol. The lowest BCUT2D eigenvalue weighted by atomic mass is 9.79. The minimum atomic E-state index is -3.17. The second-order valence-electron chi connectivity index (χ2n) is 7.02. The van der Waals surface area contributed by atoms with Gasteiger partial charge in [0.15, 0.2) is 9.84 Å². The summed E-state index contributed by atoms with van der Waals surface area (Å²) in [6.45, 7) is 0. The van der Waals surface area contributed by atoms with Gasteiger partial charge in [0.2, 0.25) is 5.91 Å². The fourth-order valence-electron chi connectivity index (χ4n) is 3.90. The summed E-state index contributed by atoms with van der Waals surface area (Å²) in [7, 11) is -3.17. The van der Waals surface area contributed by atoms with Crippen LogP contribution in [0.3, 0.4) is 0 Å². The third kappa shape index (κ3) is 4.21. The number of carboxylic acids is 1. The van der Waals surface area contributed by atoms with E-state index in [0.717, 1.165) is 24.8 Å². The molecule has 25 heavy (non-hydrogen) atoms. The van der Waals surface area contributed by atoms with Crippen molar-refractivity contribution in [2.75, 3.05) is 11.5 Å². The van der Waals surface area contributed by atoms with Gasteiger partial charge >= 0.3 is 5.97 Å². The monoisotopic (exact) mass is 365 g/mol. The van der Waals surface area contributed by atoms with Gasteiger partial charge in [-0.05, 0) is 49.1 Å². The highest BCUT2D eigenvalue weighted by Crippen LogP contribution is 2.34. The SMILES string of the molecule is O=C(NC(CC1CCCc2ccccc21)C(=O)O)C1CCS(=O)(=O)C1. The molecule has 1 fully saturated rings. The fourth-order valence-corrected chi connectivity index (χ4v) is 5.64. The number of hydrogen-bond acceptors (Lipinski definition) is 4. The molecular formula is C18H23NO5S. The van der Waals surface area contributed by atoms with Gasteiger partial charge in [-0.2, -0.15) is 0 Å². The summed E-state index contributed by atoms with van der Waals surface area (Å²) in [5.74, 6) is -2.25. The van der Waals surface area contributed by atoms with Crippen LogP contribution in [-0.4, -0.2) is 42.9 Å². The van der Waals surface area contributed by atoms with Gasteiger partial charge < -0.3 is 10.4 Å². The van der Waals surface area contributed by atoms with Gasteiger partial charge in [0, 0.05) is 0 Å². The van der Waals surface area contributed by atoms with E-state index in [4.69, 9.17) is 0 Å². The topological polar surface area (TPSA) is 101 Å². The Hall–Kier alpha value is -1.89. The Balaban J connectivity index is 1.69. The molecule has 1 aromatic rings. The quantitative estimate of drug-likeness (QED) is 0.824. The lowest BCUT2D eigenvalue weighted by Gasteiger charge is -2.28. The smallest absolute Gasteiger partial charge is 0.326 e. The molecule has 7 heteroatoms. The molecule has 3 atom stereocenters. The predicted octanol–water partition coefficient (Wildman–Crippen LogP) is 1.50. The van der Waals surface area contributed by atoms with E-state index in [9.17, 15) is 23.1 Å². The van der Waals surface area contributed by atoms with Crippen molar-refractivity contribution < 1.29 is 23.1 Å². The highest BCUT2D eigenvalue weighted by molar-refractivity contribution is 7.91. The summed E-state index contributed by atoms with van der Waals surface area (Å²) in [6.07, 6.45) is 3.50. The average molecular weight is 365 g/mol. The minimum Gasteiger partial charge on any atom is -0.480 e. The van der Waals surface area contributed by atoms with E-state index in [-0.39, 0.29) is 23.8 Å². The summed E-state index contributed by atoms with van der Waals surface area (Å²) in [5.41, 5.74) is 2.41. The van der Waals surface area contributed by atoms with Crippen LogP contribution < -0.4 is 5.32 Å². The van der Waals surface area contributed by atoms with Crippen molar-refractivity contribution in [3.05, 3.63) is 35.4 Å². The van der Waals surface area contributed by atoms with Crippen molar-refractivity contribution >= 4 is 21.7 Å². The molecule has 0 bridgehead atoms. The van der Waals surface area contributed by atoms with Gasteiger partial charge in [-0.1, -0.05) is 24.3 Å². The second-order valence-corrected chi connectivity index (χ2v) is 9.25. The Morgan fingerprint density at radius 1 is 1.24 bits per heavy atom. The number of benzene rings is 1. The number of carbonyl (C=O) groups excluding carboxylic acids is 1. The van der Waals surface area contributed by atoms with Gasteiger partial charge in [0.1, 0.15) is 6.04 Å². The number of aliphatic carboxylic acids is 1. The van der Waals surface area contributed by atoms with Crippen LogP contribution in [0.15, 0.2) is 24.3 Å². The van der Waals surface area contributed by atoms with E-state index in [0.29, 0.717) is 6.42 Å². The number of amides is 1. The third-order valence-electron chi connectivity index (χ3n) is 5.23. The van der Waals surface area contributed by atoms with Crippen LogP contribution in [0.4, 0.5) is 0 Å². The first-order valence-corrected chi connectivity index (χ1v) is 10.5. The number of hydrogen-bond donors (Lipinski definition) is 2. The molecule has 0 saturated carbocycles. The molecule has 3 unspecified atom stereocenters. The molecule has 0 spiro atoms. The van der Waals surface area contributed by atoms with Crippen molar-refractivity contribution in [2.45, 2.75) is 44.1 Å². The Labute approximate surface area is 147 Å². The number of nitrogens with one attached hydrogen (secondary N) is 1. The number of fused-ring (bicyclic) bond motifs is 1. The first-order valence-electron chi connectivity index (χ1n) is 8.67. The minimum absolute atomic E-state index is 0.00117. The van der Waals surface area contributed by atoms with Crippen LogP contribution in [0.25, 0.3) is 0 Å². The Bertz CT molecular complexity index is 773. The van der Waals surface area contributed by atoms with Gasteiger partial charge in [-0.3, -0.25) is 4.79 Å². The van der Waals surface area contributed by atoms with Crippen molar-refractivity contribution in [3.8, 4) is 0 Å². The zero-order valence-electron chi connectivity index (χ0n) is 14.0. The highest BCUT2D eigenvalue weighted by Gasteiger charge is 2.35. The molecule has 3 rings (SSSR count). The van der Waals surface area contributed by atoms with E-state index in [1.165, 1.54) is 5.56 Å². The van der Waals surface area contributed by atoms with Crippen LogP contribution in [0.1, 0.15) is 42.7 Å². The van der Waals surface area contributed by atoms with Crippen molar-refractivity contribution in [3.63, 3.8) is 0 Å². The molecule has 0 aromatic heterocycles. The fraction of sp³-hybridized carbons (Fsp3) is 0.556. The number of carboxylic acid groups (broad SMARTS) is 1. The van der Waals surface area contributed by atoms with E-state index in [1.807, 2.05) is 18.2 Å². The molecule has 0 radical (unpaired) electrons. The van der Waals surface area contributed by atoms with Crippen LogP contribution >= 0.6 is 0 Å². The molecular weight excluding hydrogens is 342 g/mol. The van der Waals surface area contributed by atoms with E-state index < -0.39 is 33.7 Å². The van der Waals surface area contributed by atoms with Crippen molar-refractivity contribution in [2.24, 2.45) is 5.92 Å². The summed E-state index contributed by atoms with van der Waals surface area (Å²) in [6, 6.07) is 7.04. The molecule has 1 aliphatic carbocycles. The Morgan fingerprint density at radius 3 is 2.68 bits per heavy atom. The molecule has 136 valence electrons. The molecule has 2 N–H and O–H groups in total. The van der Waals surface area contributed by atoms with Crippen LogP contribution in [0.5, 0.6) is 0 Å². The summed E-state index contributed by atoms with van der Waals surface area (Å²) in [4.78, 5) is 23.9. The highest BCUT2D eigenvalue weighted by atomic mass is 32.2. The lowest BCUT2D eigenvalue weighted by Crippen LogP contribution is -2.45. The van der Waals surface area contributed by atoms with E-state index in [1.54, 1.807) is 0 Å². The van der Waals surface area contributed by atoms with Gasteiger partial charge in [0.25, 0.3) is 0 Å². The van der Waals surface area contributed by atoms with Crippen molar-refractivity contribution in [1.29, 1.82) is 0 Å². The van der Waals surface area contributed by atoms with E-state index in [2.05, 4.69) is 11.4 Å². The zero-order chi connectivity index (χ0) is 18.0. The van der Waals surface area contributed by atoms with Crippen molar-refractivity contribution in [1.82, 2.24) is 5.32 Å².